The van der Waals surface area contributed by atoms with Crippen molar-refractivity contribution in [1.29, 1.82) is 0 Å². The lowest BCUT2D eigenvalue weighted by molar-refractivity contribution is -0.126. The maximum Gasteiger partial charge on any atom is 0.241 e. The van der Waals surface area contributed by atoms with Crippen molar-refractivity contribution < 1.29 is 4.79 Å². The van der Waals surface area contributed by atoms with Crippen molar-refractivity contribution in [2.24, 2.45) is 0 Å². The summed E-state index contributed by atoms with van der Waals surface area (Å²) in [4.78, 5) is 20.9. The zero-order valence-electron chi connectivity index (χ0n) is 9.11. The van der Waals surface area contributed by atoms with Gasteiger partial charge < -0.3 is 15.5 Å². The third kappa shape index (κ3) is 3.41. The van der Waals surface area contributed by atoms with Crippen LogP contribution in [0.5, 0.6) is 0 Å². The van der Waals surface area contributed by atoms with Crippen molar-refractivity contribution in [3.63, 3.8) is 0 Å². The summed E-state index contributed by atoms with van der Waals surface area (Å²) in [6.45, 7) is 0.217. The predicted molar refractivity (Wildman–Crippen MR) is 58.8 cm³/mol. The molecular formula is C9H15N5O. The minimum Gasteiger partial charge on any atom is -0.372 e. The Labute approximate surface area is 88.7 Å². The number of carbonyl (C=O) groups is 1. The lowest BCUT2D eigenvalue weighted by atomic mass is 10.5. The van der Waals surface area contributed by atoms with E-state index in [-0.39, 0.29) is 12.5 Å². The molecular weight excluding hydrogens is 194 g/mol. The van der Waals surface area contributed by atoms with E-state index in [1.54, 1.807) is 33.5 Å². The minimum atomic E-state index is -0.00772. The van der Waals surface area contributed by atoms with E-state index in [1.165, 1.54) is 4.90 Å². The summed E-state index contributed by atoms with van der Waals surface area (Å²) >= 11 is 0. The van der Waals surface area contributed by atoms with E-state index < -0.39 is 0 Å². The largest absolute Gasteiger partial charge is 0.372 e. The average molecular weight is 209 g/mol. The van der Waals surface area contributed by atoms with Gasteiger partial charge in [-0.3, -0.25) is 9.78 Å². The molecule has 0 aliphatic carbocycles. The van der Waals surface area contributed by atoms with Crippen molar-refractivity contribution >= 4 is 17.5 Å². The number of anilines is 2. The summed E-state index contributed by atoms with van der Waals surface area (Å²) in [5.41, 5.74) is 0. The summed E-state index contributed by atoms with van der Waals surface area (Å²) < 4.78 is 0. The van der Waals surface area contributed by atoms with Gasteiger partial charge in [0.25, 0.3) is 0 Å². The van der Waals surface area contributed by atoms with Gasteiger partial charge in [0.1, 0.15) is 11.6 Å². The first-order valence-corrected chi connectivity index (χ1v) is 4.57. The first-order chi connectivity index (χ1) is 7.13. The molecule has 0 spiro atoms. The molecule has 1 amide bonds. The maximum absolute atomic E-state index is 11.3. The molecule has 1 aromatic heterocycles. The topological polar surface area (TPSA) is 70.2 Å². The van der Waals surface area contributed by atoms with Crippen molar-refractivity contribution in [1.82, 2.24) is 14.9 Å². The maximum atomic E-state index is 11.3. The van der Waals surface area contributed by atoms with Gasteiger partial charge in [-0.05, 0) is 0 Å². The molecule has 0 radical (unpaired) electrons. The van der Waals surface area contributed by atoms with Gasteiger partial charge in [0.2, 0.25) is 5.91 Å². The molecule has 1 aromatic rings. The second-order valence-electron chi connectivity index (χ2n) is 3.18. The molecule has 0 aromatic carbocycles. The molecule has 15 heavy (non-hydrogen) atoms. The van der Waals surface area contributed by atoms with E-state index >= 15 is 0 Å². The van der Waals surface area contributed by atoms with E-state index in [0.717, 1.165) is 0 Å². The van der Waals surface area contributed by atoms with Gasteiger partial charge in [-0.2, -0.15) is 0 Å². The highest BCUT2D eigenvalue weighted by Gasteiger charge is 2.03. The fraction of sp³-hybridized carbons (Fsp3) is 0.444. The van der Waals surface area contributed by atoms with E-state index in [1.807, 2.05) is 0 Å². The molecule has 0 aliphatic rings. The Hall–Kier alpha value is -1.85. The summed E-state index contributed by atoms with van der Waals surface area (Å²) in [6, 6.07) is 0. The van der Waals surface area contributed by atoms with Crippen LogP contribution in [0.1, 0.15) is 0 Å². The Bertz CT molecular complexity index is 339. The van der Waals surface area contributed by atoms with Crippen LogP contribution in [0, 0.1) is 0 Å². The van der Waals surface area contributed by atoms with Crippen LogP contribution in [-0.4, -0.2) is 48.5 Å². The number of likely N-dealkylation sites (N-methyl/N-ethyl adjacent to an activating group) is 1. The smallest absolute Gasteiger partial charge is 0.241 e. The number of carbonyl (C=O) groups excluding carboxylic acids is 1. The number of nitrogens with zero attached hydrogens (tertiary/aromatic N) is 3. The molecule has 0 atom stereocenters. The van der Waals surface area contributed by atoms with Gasteiger partial charge in [0, 0.05) is 21.1 Å². The van der Waals surface area contributed by atoms with Crippen LogP contribution < -0.4 is 10.6 Å². The van der Waals surface area contributed by atoms with Crippen molar-refractivity contribution in [3.8, 4) is 0 Å². The van der Waals surface area contributed by atoms with Crippen LogP contribution in [0.4, 0.5) is 11.6 Å². The summed E-state index contributed by atoms with van der Waals surface area (Å²) in [7, 11) is 5.18. The number of hydrogen-bond acceptors (Lipinski definition) is 5. The minimum absolute atomic E-state index is 0.00772. The molecule has 82 valence electrons. The molecule has 0 fully saturated rings. The van der Waals surface area contributed by atoms with Crippen LogP contribution in [0.2, 0.25) is 0 Å². The zero-order chi connectivity index (χ0) is 11.3. The Morgan fingerprint density at radius 1 is 1.40 bits per heavy atom. The number of amides is 1. The fourth-order valence-electron chi connectivity index (χ4n) is 0.896. The highest BCUT2D eigenvalue weighted by atomic mass is 16.2. The lowest BCUT2D eigenvalue weighted by Crippen LogP contribution is -2.28. The molecule has 0 aliphatic heterocycles. The molecule has 2 N–H and O–H groups in total. The van der Waals surface area contributed by atoms with Gasteiger partial charge >= 0.3 is 0 Å². The molecule has 6 nitrogen and oxygen atoms in total. The number of aromatic nitrogens is 2. The first-order valence-electron chi connectivity index (χ1n) is 4.57. The second-order valence-corrected chi connectivity index (χ2v) is 3.18. The molecule has 0 bridgehead atoms. The summed E-state index contributed by atoms with van der Waals surface area (Å²) in [6.07, 6.45) is 3.18. The summed E-state index contributed by atoms with van der Waals surface area (Å²) in [5.74, 6) is 1.24. The van der Waals surface area contributed by atoms with E-state index in [2.05, 4.69) is 20.6 Å². The number of hydrogen-bond donors (Lipinski definition) is 2. The van der Waals surface area contributed by atoms with Gasteiger partial charge in [-0.15, -0.1) is 0 Å². The fourth-order valence-corrected chi connectivity index (χ4v) is 0.896. The molecule has 1 heterocycles. The second kappa shape index (κ2) is 5.14. The van der Waals surface area contributed by atoms with Gasteiger partial charge in [-0.25, -0.2) is 4.98 Å². The van der Waals surface area contributed by atoms with Crippen molar-refractivity contribution in [2.75, 3.05) is 38.3 Å². The van der Waals surface area contributed by atoms with Crippen LogP contribution in [-0.2, 0) is 4.79 Å². The highest BCUT2D eigenvalue weighted by molar-refractivity contribution is 5.80. The molecule has 6 heteroatoms. The Morgan fingerprint density at radius 3 is 2.67 bits per heavy atom. The number of rotatable bonds is 4. The molecule has 0 saturated heterocycles. The lowest BCUT2D eigenvalue weighted by Gasteiger charge is -2.11. The third-order valence-electron chi connectivity index (χ3n) is 1.81. The Morgan fingerprint density at radius 2 is 2.07 bits per heavy atom. The zero-order valence-corrected chi connectivity index (χ0v) is 9.11. The summed E-state index contributed by atoms with van der Waals surface area (Å²) in [5, 5.41) is 5.76. The van der Waals surface area contributed by atoms with Gasteiger partial charge in [0.05, 0.1) is 18.9 Å². The van der Waals surface area contributed by atoms with E-state index in [4.69, 9.17) is 0 Å². The molecule has 0 unspecified atom stereocenters. The van der Waals surface area contributed by atoms with Crippen molar-refractivity contribution in [3.05, 3.63) is 12.4 Å². The Kier molecular flexibility index (Phi) is 3.84. The SMILES string of the molecule is CNc1cncc(NCC(=O)N(C)C)n1. The van der Waals surface area contributed by atoms with Gasteiger partial charge in [0.15, 0.2) is 0 Å². The molecule has 1 rings (SSSR count). The number of nitrogens with one attached hydrogen (secondary N) is 2. The van der Waals surface area contributed by atoms with Crippen molar-refractivity contribution in [2.45, 2.75) is 0 Å². The standard InChI is InChI=1S/C9H15N5O/c1-10-7-4-11-5-8(13-7)12-6-9(15)14(2)3/h4-5H,6H2,1-3H3,(H2,10,12,13). The van der Waals surface area contributed by atoms with Crippen LogP contribution in [0.3, 0.4) is 0 Å². The average Bonchev–Trinajstić information content (AvgIpc) is 2.26. The predicted octanol–water partition coefficient (Wildman–Crippen LogP) is 0.0184. The van der Waals surface area contributed by atoms with E-state index in [9.17, 15) is 4.79 Å². The van der Waals surface area contributed by atoms with Gasteiger partial charge in [-0.1, -0.05) is 0 Å². The third-order valence-corrected chi connectivity index (χ3v) is 1.81. The molecule has 0 saturated carbocycles. The quantitative estimate of drug-likeness (QED) is 0.731. The van der Waals surface area contributed by atoms with Crippen LogP contribution in [0.15, 0.2) is 12.4 Å². The Balaban J connectivity index is 2.54. The normalized spacial score (nSPS) is 9.53. The highest BCUT2D eigenvalue weighted by Crippen LogP contribution is 2.04. The van der Waals surface area contributed by atoms with Crippen LogP contribution >= 0.6 is 0 Å². The monoisotopic (exact) mass is 209 g/mol. The van der Waals surface area contributed by atoms with Crippen LogP contribution in [0.25, 0.3) is 0 Å². The first kappa shape index (κ1) is 11.2. The van der Waals surface area contributed by atoms with E-state index in [0.29, 0.717) is 11.6 Å².